The van der Waals surface area contributed by atoms with Crippen LogP contribution in [0.2, 0.25) is 0 Å². The van der Waals surface area contributed by atoms with Crippen molar-refractivity contribution in [2.75, 3.05) is 14.2 Å². The molecule has 0 unspecified atom stereocenters. The van der Waals surface area contributed by atoms with Crippen molar-refractivity contribution < 1.29 is 19.4 Å². The van der Waals surface area contributed by atoms with Crippen LogP contribution in [0.3, 0.4) is 0 Å². The maximum atomic E-state index is 12.9. The molecule has 1 radical (unpaired) electrons. The van der Waals surface area contributed by atoms with Crippen LogP contribution in [0.5, 0.6) is 0 Å². The van der Waals surface area contributed by atoms with E-state index >= 15 is 0 Å². The van der Waals surface area contributed by atoms with Crippen LogP contribution in [-0.2, 0) is 21.2 Å². The minimum absolute atomic E-state index is 0.0497. The molecule has 1 aromatic heterocycles. The van der Waals surface area contributed by atoms with Gasteiger partial charge in [0.05, 0.1) is 6.54 Å². The minimum atomic E-state index is -0.947. The van der Waals surface area contributed by atoms with E-state index in [-0.39, 0.29) is 11.7 Å². The van der Waals surface area contributed by atoms with Crippen molar-refractivity contribution in [1.82, 2.24) is 19.8 Å². The first-order valence-electron chi connectivity index (χ1n) is 9.01. The number of benzene rings is 1. The minimum Gasteiger partial charge on any atom is -0.714 e. The second-order valence-electron chi connectivity index (χ2n) is 7.77. The molecule has 1 aromatic carbocycles. The highest BCUT2D eigenvalue weighted by Gasteiger charge is 2.61. The van der Waals surface area contributed by atoms with Crippen molar-refractivity contribution in [3.05, 3.63) is 52.8 Å². The third-order valence-electron chi connectivity index (χ3n) is 5.61. The Labute approximate surface area is 164 Å². The Morgan fingerprint density at radius 3 is 2.25 bits per heavy atom. The fourth-order valence-electron chi connectivity index (χ4n) is 3.09. The molecule has 2 aromatic rings. The number of amidine groups is 1. The van der Waals surface area contributed by atoms with E-state index in [0.29, 0.717) is 22.2 Å². The molecule has 28 heavy (non-hydrogen) atoms. The van der Waals surface area contributed by atoms with Crippen LogP contribution in [0, 0.1) is 5.21 Å². The molecule has 0 N–H and O–H groups in total. The fraction of sp³-hybridized carbons (Fsp3) is 0.526. The number of hydrogen-bond acceptors (Lipinski definition) is 6. The molecule has 9 nitrogen and oxygen atoms in total. The molecule has 1 aliphatic heterocycles. The normalized spacial score (nSPS) is 18.4. The van der Waals surface area contributed by atoms with Gasteiger partial charge in [0.1, 0.15) is 5.54 Å². The van der Waals surface area contributed by atoms with Crippen molar-refractivity contribution in [3.8, 4) is 0 Å². The van der Waals surface area contributed by atoms with E-state index in [9.17, 15) is 10.4 Å². The maximum absolute atomic E-state index is 12.9. The zero-order valence-electron chi connectivity index (χ0n) is 17.0. The van der Waals surface area contributed by atoms with Gasteiger partial charge in [-0.15, -0.1) is 5.10 Å². The van der Waals surface area contributed by atoms with Gasteiger partial charge in [-0.25, -0.2) is 4.68 Å². The van der Waals surface area contributed by atoms with E-state index in [0.717, 1.165) is 5.56 Å². The number of ether oxygens (including phenoxy) is 2. The van der Waals surface area contributed by atoms with E-state index in [4.69, 9.17) is 9.47 Å². The zero-order chi connectivity index (χ0) is 20.7. The second kappa shape index (κ2) is 7.16. The summed E-state index contributed by atoms with van der Waals surface area (Å²) in [6, 6.07) is 9.68. The number of aromatic nitrogens is 3. The van der Waals surface area contributed by atoms with Gasteiger partial charge in [0.15, 0.2) is 11.4 Å². The van der Waals surface area contributed by atoms with E-state index in [1.54, 1.807) is 32.4 Å². The quantitative estimate of drug-likeness (QED) is 0.427. The molecule has 0 spiro atoms. The van der Waals surface area contributed by atoms with Gasteiger partial charge in [-0.2, -0.15) is 4.98 Å². The molecular formula is C19H26N5O4. The largest absolute Gasteiger partial charge is 0.714 e. The summed E-state index contributed by atoms with van der Waals surface area (Å²) in [5.41, 5.74) is -0.908. The van der Waals surface area contributed by atoms with Gasteiger partial charge in [-0.1, -0.05) is 35.4 Å². The Morgan fingerprint density at radius 2 is 1.75 bits per heavy atom. The molecule has 0 saturated heterocycles. The highest BCUT2D eigenvalue weighted by Crippen LogP contribution is 2.37. The summed E-state index contributed by atoms with van der Waals surface area (Å²) in [4.78, 5) is 4.44. The molecule has 0 amide bonds. The summed E-state index contributed by atoms with van der Waals surface area (Å²) in [5, 5.41) is 31.0. The summed E-state index contributed by atoms with van der Waals surface area (Å²) in [6.07, 6.45) is -0.784. The molecule has 0 bridgehead atoms. The third-order valence-corrected chi connectivity index (χ3v) is 5.61. The Hall–Kier alpha value is -2.49. The van der Waals surface area contributed by atoms with Crippen LogP contribution in [0.4, 0.5) is 0 Å². The average molecular weight is 388 g/mol. The summed E-state index contributed by atoms with van der Waals surface area (Å²) in [5.74, 6) is 0.309. The monoisotopic (exact) mass is 388 g/mol. The summed E-state index contributed by atoms with van der Waals surface area (Å²) in [7, 11) is 2.98. The Kier molecular flexibility index (Phi) is 5.18. The van der Waals surface area contributed by atoms with Crippen LogP contribution in [0.1, 0.15) is 51.2 Å². The van der Waals surface area contributed by atoms with E-state index in [2.05, 4.69) is 10.1 Å². The lowest BCUT2D eigenvalue weighted by molar-refractivity contribution is -0.539. The van der Waals surface area contributed by atoms with Crippen molar-refractivity contribution >= 4 is 5.84 Å². The van der Waals surface area contributed by atoms with Crippen molar-refractivity contribution in [3.63, 3.8) is 0 Å². The van der Waals surface area contributed by atoms with Crippen molar-refractivity contribution in [2.24, 2.45) is 0 Å². The first kappa shape index (κ1) is 20.2. The summed E-state index contributed by atoms with van der Waals surface area (Å²) in [6.45, 7) is 7.31. The lowest BCUT2D eigenvalue weighted by Crippen LogP contribution is -2.53. The van der Waals surface area contributed by atoms with Crippen LogP contribution in [0.25, 0.3) is 0 Å². The van der Waals surface area contributed by atoms with Crippen LogP contribution in [0.15, 0.2) is 30.3 Å². The lowest BCUT2D eigenvalue weighted by Gasteiger charge is -2.32. The van der Waals surface area contributed by atoms with E-state index in [1.807, 2.05) is 30.3 Å². The summed E-state index contributed by atoms with van der Waals surface area (Å²) >= 11 is 0. The molecule has 2 heterocycles. The van der Waals surface area contributed by atoms with Gasteiger partial charge < -0.3 is 14.7 Å². The van der Waals surface area contributed by atoms with Gasteiger partial charge in [-0.3, -0.25) is 4.74 Å². The maximum Gasteiger partial charge on any atom is 0.356 e. The molecule has 151 valence electrons. The van der Waals surface area contributed by atoms with Gasteiger partial charge in [0.25, 0.3) is 5.82 Å². The second-order valence-corrected chi connectivity index (χ2v) is 7.77. The molecule has 9 heteroatoms. The van der Waals surface area contributed by atoms with Gasteiger partial charge in [-0.05, 0) is 33.3 Å². The van der Waals surface area contributed by atoms with E-state index < -0.39 is 17.4 Å². The SMILES string of the molecule is COC(OC)c1nc(C2=[N+]([O-])C(C)(C)C(C)(C)N2[O])nn1Cc1ccccc1. The smallest absolute Gasteiger partial charge is 0.356 e. The highest BCUT2D eigenvalue weighted by atomic mass is 16.7. The first-order valence-corrected chi connectivity index (χ1v) is 9.01. The number of methoxy groups -OCH3 is 2. The standard InChI is InChI=1S/C19H26N5O4/c1-18(2)19(3,4)24(26)16(23(18)25)14-20-15(17(27-5)28-6)22(21-14)12-13-10-8-7-9-11-13/h7-11,17H,12H2,1-6H3. The Morgan fingerprint density at radius 1 is 1.14 bits per heavy atom. The Bertz CT molecular complexity index is 872. The van der Waals surface area contributed by atoms with Crippen LogP contribution in [-0.4, -0.2) is 55.7 Å². The molecule has 1 aliphatic rings. The topological polar surface area (TPSA) is 98.4 Å². The molecule has 0 aliphatic carbocycles. The summed E-state index contributed by atoms with van der Waals surface area (Å²) < 4.78 is 13.0. The molecule has 0 atom stereocenters. The third kappa shape index (κ3) is 3.05. The zero-order valence-corrected chi connectivity index (χ0v) is 17.0. The molecule has 0 saturated carbocycles. The van der Waals surface area contributed by atoms with Gasteiger partial charge in [0, 0.05) is 19.4 Å². The number of hydrogen-bond donors (Lipinski definition) is 0. The average Bonchev–Trinajstić information content (AvgIpc) is 3.10. The van der Waals surface area contributed by atoms with Crippen LogP contribution < -0.4 is 0 Å². The Balaban J connectivity index is 2.10. The van der Waals surface area contributed by atoms with Crippen molar-refractivity contribution in [1.29, 1.82) is 0 Å². The first-order chi connectivity index (χ1) is 13.1. The molecule has 3 rings (SSSR count). The predicted octanol–water partition coefficient (Wildman–Crippen LogP) is 2.09. The number of hydroxylamine groups is 3. The molecular weight excluding hydrogens is 362 g/mol. The van der Waals surface area contributed by atoms with Gasteiger partial charge in [0.2, 0.25) is 6.29 Å². The number of rotatable bonds is 6. The van der Waals surface area contributed by atoms with Crippen molar-refractivity contribution in [2.45, 2.75) is 51.6 Å². The predicted molar refractivity (Wildman–Crippen MR) is 101 cm³/mol. The number of nitrogens with zero attached hydrogens (tertiary/aromatic N) is 5. The lowest BCUT2D eigenvalue weighted by atomic mass is 9.84. The molecule has 0 fully saturated rings. The highest BCUT2D eigenvalue weighted by molar-refractivity contribution is 5.92. The fourth-order valence-corrected chi connectivity index (χ4v) is 3.09. The van der Waals surface area contributed by atoms with E-state index in [1.165, 1.54) is 14.2 Å². The van der Waals surface area contributed by atoms with Gasteiger partial charge >= 0.3 is 5.84 Å². The van der Waals surface area contributed by atoms with Crippen LogP contribution >= 0.6 is 0 Å².